The zero-order valence-corrected chi connectivity index (χ0v) is 12.6. The van der Waals surface area contributed by atoms with Crippen LogP contribution in [0.15, 0.2) is 24.9 Å². The molecule has 0 aliphatic carbocycles. The molecular formula is C10H10Br2N2OS. The third-order valence-corrected chi connectivity index (χ3v) is 5.30. The minimum absolute atomic E-state index is 0.769. The number of hydrogen-bond acceptors (Lipinski definition) is 4. The first-order valence-corrected chi connectivity index (χ1v) is 7.15. The molecule has 0 saturated carbocycles. The largest absolute Gasteiger partial charge is 0.440 e. The zero-order valence-electron chi connectivity index (χ0n) is 8.59. The second kappa shape index (κ2) is 5.44. The maximum atomic E-state index is 5.66. The van der Waals surface area contributed by atoms with E-state index in [0.29, 0.717) is 0 Å². The van der Waals surface area contributed by atoms with Gasteiger partial charge in [-0.05, 0) is 45.0 Å². The number of nitrogens with zero attached hydrogens (tertiary/aromatic N) is 1. The summed E-state index contributed by atoms with van der Waals surface area (Å²) in [6.45, 7) is 0.873. The third-order valence-electron chi connectivity index (χ3n) is 2.03. The molecule has 3 nitrogen and oxygen atoms in total. The summed E-state index contributed by atoms with van der Waals surface area (Å²) in [4.78, 5) is 5.31. The average molecular weight is 366 g/mol. The molecule has 0 aromatic carbocycles. The minimum atomic E-state index is 0.769. The summed E-state index contributed by atoms with van der Waals surface area (Å²) < 4.78 is 7.77. The van der Waals surface area contributed by atoms with Gasteiger partial charge in [-0.3, -0.25) is 0 Å². The predicted octanol–water partition coefficient (Wildman–Crippen LogP) is 3.69. The highest BCUT2D eigenvalue weighted by Gasteiger charge is 2.11. The molecular weight excluding hydrogens is 356 g/mol. The van der Waals surface area contributed by atoms with Crippen LogP contribution in [0, 0.1) is 0 Å². The lowest BCUT2D eigenvalue weighted by molar-refractivity contribution is 0.501. The van der Waals surface area contributed by atoms with Crippen LogP contribution in [-0.4, -0.2) is 18.6 Å². The van der Waals surface area contributed by atoms with E-state index in [1.807, 2.05) is 13.1 Å². The lowest BCUT2D eigenvalue weighted by Crippen LogP contribution is -2.10. The Balaban J connectivity index is 2.18. The van der Waals surface area contributed by atoms with E-state index in [1.54, 1.807) is 17.5 Å². The van der Waals surface area contributed by atoms with Crippen molar-refractivity contribution in [3.05, 3.63) is 26.4 Å². The fourth-order valence-electron chi connectivity index (χ4n) is 1.24. The van der Waals surface area contributed by atoms with Crippen LogP contribution in [-0.2, 0) is 6.42 Å². The van der Waals surface area contributed by atoms with Crippen molar-refractivity contribution in [2.75, 3.05) is 13.6 Å². The molecule has 2 heterocycles. The van der Waals surface area contributed by atoms with Crippen molar-refractivity contribution >= 4 is 43.2 Å². The maximum Gasteiger partial charge on any atom is 0.196 e. The van der Waals surface area contributed by atoms with Crippen LogP contribution in [0.5, 0.6) is 0 Å². The highest BCUT2D eigenvalue weighted by Crippen LogP contribution is 2.38. The normalized spacial score (nSPS) is 10.9. The molecule has 86 valence electrons. The van der Waals surface area contributed by atoms with Crippen molar-refractivity contribution in [1.82, 2.24) is 10.3 Å². The Labute approximate surface area is 115 Å². The van der Waals surface area contributed by atoms with Gasteiger partial charge in [0.05, 0.1) is 14.9 Å². The molecule has 0 amide bonds. The predicted molar refractivity (Wildman–Crippen MR) is 72.8 cm³/mol. The SMILES string of the molecule is CNCCc1ncc(-c2cc(Br)c(Br)s2)o1. The summed E-state index contributed by atoms with van der Waals surface area (Å²) >= 11 is 8.54. The quantitative estimate of drug-likeness (QED) is 0.897. The molecule has 0 aliphatic rings. The topological polar surface area (TPSA) is 38.1 Å². The van der Waals surface area contributed by atoms with E-state index >= 15 is 0 Å². The second-order valence-electron chi connectivity index (χ2n) is 3.20. The number of oxazole rings is 1. The van der Waals surface area contributed by atoms with Gasteiger partial charge in [-0.1, -0.05) is 0 Å². The molecule has 0 aliphatic heterocycles. The molecule has 0 spiro atoms. The molecule has 2 aromatic rings. The van der Waals surface area contributed by atoms with Gasteiger partial charge in [-0.25, -0.2) is 4.98 Å². The van der Waals surface area contributed by atoms with Crippen LogP contribution >= 0.6 is 43.2 Å². The second-order valence-corrected chi connectivity index (χ2v) is 6.43. The molecule has 0 bridgehead atoms. The number of thiophene rings is 1. The van der Waals surface area contributed by atoms with E-state index in [0.717, 1.165) is 37.8 Å². The van der Waals surface area contributed by atoms with Crippen molar-refractivity contribution in [3.8, 4) is 10.6 Å². The minimum Gasteiger partial charge on any atom is -0.440 e. The van der Waals surface area contributed by atoms with Crippen LogP contribution in [0.1, 0.15) is 5.89 Å². The third kappa shape index (κ3) is 2.74. The van der Waals surface area contributed by atoms with E-state index in [-0.39, 0.29) is 0 Å². The molecule has 0 fully saturated rings. The number of aromatic nitrogens is 1. The van der Waals surface area contributed by atoms with Crippen LogP contribution < -0.4 is 5.32 Å². The van der Waals surface area contributed by atoms with Gasteiger partial charge < -0.3 is 9.73 Å². The first-order valence-electron chi connectivity index (χ1n) is 4.75. The number of halogens is 2. The van der Waals surface area contributed by atoms with Crippen molar-refractivity contribution in [2.45, 2.75) is 6.42 Å². The molecule has 6 heteroatoms. The first kappa shape index (κ1) is 12.3. The lowest BCUT2D eigenvalue weighted by atomic mass is 10.4. The molecule has 1 N–H and O–H groups in total. The molecule has 0 atom stereocenters. The smallest absolute Gasteiger partial charge is 0.196 e. The highest BCUT2D eigenvalue weighted by molar-refractivity contribution is 9.13. The fraction of sp³-hybridized carbons (Fsp3) is 0.300. The van der Waals surface area contributed by atoms with Gasteiger partial charge in [0, 0.05) is 17.4 Å². The number of rotatable bonds is 4. The van der Waals surface area contributed by atoms with Gasteiger partial charge in [0.2, 0.25) is 0 Å². The molecule has 2 aromatic heterocycles. The van der Waals surface area contributed by atoms with Gasteiger partial charge in [0.1, 0.15) is 0 Å². The summed E-state index contributed by atoms with van der Waals surface area (Å²) in [5.41, 5.74) is 0. The fourth-order valence-corrected chi connectivity index (χ4v) is 3.22. The van der Waals surface area contributed by atoms with Gasteiger partial charge in [0.15, 0.2) is 11.7 Å². The molecule has 0 unspecified atom stereocenters. The van der Waals surface area contributed by atoms with Gasteiger partial charge >= 0.3 is 0 Å². The molecule has 16 heavy (non-hydrogen) atoms. The van der Waals surface area contributed by atoms with Crippen LogP contribution in [0.2, 0.25) is 0 Å². The Hall–Kier alpha value is -0.170. The summed E-state index contributed by atoms with van der Waals surface area (Å²) in [6.07, 6.45) is 2.58. The van der Waals surface area contributed by atoms with E-state index in [4.69, 9.17) is 4.42 Å². The Kier molecular flexibility index (Phi) is 4.18. The van der Waals surface area contributed by atoms with Crippen LogP contribution in [0.3, 0.4) is 0 Å². The molecule has 0 saturated heterocycles. The number of nitrogens with one attached hydrogen (secondary N) is 1. The maximum absolute atomic E-state index is 5.66. The summed E-state index contributed by atoms with van der Waals surface area (Å²) in [5.74, 6) is 1.59. The van der Waals surface area contributed by atoms with E-state index in [1.165, 1.54) is 0 Å². The monoisotopic (exact) mass is 364 g/mol. The Morgan fingerprint density at radius 1 is 1.50 bits per heavy atom. The first-order chi connectivity index (χ1) is 7.70. The number of hydrogen-bond donors (Lipinski definition) is 1. The van der Waals surface area contributed by atoms with Crippen molar-refractivity contribution in [3.63, 3.8) is 0 Å². The van der Waals surface area contributed by atoms with E-state index < -0.39 is 0 Å². The summed E-state index contributed by atoms with van der Waals surface area (Å²) in [5, 5.41) is 3.07. The van der Waals surface area contributed by atoms with Gasteiger partial charge in [0.25, 0.3) is 0 Å². The molecule has 0 radical (unpaired) electrons. The average Bonchev–Trinajstić information content (AvgIpc) is 2.84. The van der Waals surface area contributed by atoms with Crippen LogP contribution in [0.4, 0.5) is 0 Å². The van der Waals surface area contributed by atoms with E-state index in [9.17, 15) is 0 Å². The Bertz CT molecular complexity index is 461. The summed E-state index contributed by atoms with van der Waals surface area (Å²) in [6, 6.07) is 2.02. The Morgan fingerprint density at radius 2 is 2.31 bits per heavy atom. The summed E-state index contributed by atoms with van der Waals surface area (Å²) in [7, 11) is 1.91. The highest BCUT2D eigenvalue weighted by atomic mass is 79.9. The molecule has 2 rings (SSSR count). The standard InChI is InChI=1S/C10H10Br2N2OS/c1-13-3-2-9-14-5-7(15-9)8-4-6(11)10(12)16-8/h4-5,13H,2-3H2,1H3. The number of likely N-dealkylation sites (N-methyl/N-ethyl adjacent to an activating group) is 1. The van der Waals surface area contributed by atoms with Gasteiger partial charge in [-0.2, -0.15) is 0 Å². The van der Waals surface area contributed by atoms with Crippen molar-refractivity contribution < 1.29 is 4.42 Å². The van der Waals surface area contributed by atoms with E-state index in [2.05, 4.69) is 42.2 Å². The van der Waals surface area contributed by atoms with Crippen molar-refractivity contribution in [1.29, 1.82) is 0 Å². The Morgan fingerprint density at radius 3 is 2.94 bits per heavy atom. The van der Waals surface area contributed by atoms with Crippen LogP contribution in [0.25, 0.3) is 10.6 Å². The van der Waals surface area contributed by atoms with Gasteiger partial charge in [-0.15, -0.1) is 11.3 Å². The van der Waals surface area contributed by atoms with Crippen molar-refractivity contribution in [2.24, 2.45) is 0 Å². The lowest BCUT2D eigenvalue weighted by Gasteiger charge is -1.93. The zero-order chi connectivity index (χ0) is 11.5.